The summed E-state index contributed by atoms with van der Waals surface area (Å²) in [6.45, 7) is 4.99. The summed E-state index contributed by atoms with van der Waals surface area (Å²) in [5, 5.41) is 14.3. The van der Waals surface area contributed by atoms with Crippen LogP contribution < -0.4 is 10.1 Å². The molecule has 0 spiro atoms. The summed E-state index contributed by atoms with van der Waals surface area (Å²) < 4.78 is 7.14. The third-order valence-electron chi connectivity index (χ3n) is 3.59. The Labute approximate surface area is 148 Å². The maximum atomic E-state index is 12.4. The second-order valence-electron chi connectivity index (χ2n) is 5.26. The van der Waals surface area contributed by atoms with Crippen molar-refractivity contribution in [3.63, 3.8) is 0 Å². The molecule has 1 aliphatic rings. The second kappa shape index (κ2) is 7.51. The predicted octanol–water partition coefficient (Wildman–Crippen LogP) is 1.09. The highest BCUT2D eigenvalue weighted by Crippen LogP contribution is 2.28. The van der Waals surface area contributed by atoms with E-state index in [4.69, 9.17) is 4.74 Å². The van der Waals surface area contributed by atoms with Crippen LogP contribution in [0.25, 0.3) is 5.69 Å². The van der Waals surface area contributed by atoms with E-state index in [0.29, 0.717) is 36.3 Å². The third-order valence-corrected chi connectivity index (χ3v) is 4.61. The predicted molar refractivity (Wildman–Crippen MR) is 90.8 cm³/mol. The zero-order valence-electron chi connectivity index (χ0n) is 13.9. The molecule has 25 heavy (non-hydrogen) atoms. The number of imide groups is 1. The molecule has 0 bridgehead atoms. The average molecular weight is 362 g/mol. The topological polar surface area (TPSA) is 102 Å². The van der Waals surface area contributed by atoms with Crippen LogP contribution in [-0.4, -0.2) is 62.0 Å². The summed E-state index contributed by atoms with van der Waals surface area (Å²) in [4.78, 5) is 25.3. The highest BCUT2D eigenvalue weighted by atomic mass is 32.2. The summed E-state index contributed by atoms with van der Waals surface area (Å²) in [7, 11) is 0. The van der Waals surface area contributed by atoms with Gasteiger partial charge in [-0.3, -0.25) is 9.69 Å². The van der Waals surface area contributed by atoms with Crippen LogP contribution in [-0.2, 0) is 4.79 Å². The number of rotatable bonds is 6. The van der Waals surface area contributed by atoms with Gasteiger partial charge in [0.25, 0.3) is 0 Å². The fraction of sp³-hybridized carbons (Fsp3) is 0.400. The quantitative estimate of drug-likeness (QED) is 0.768. The molecule has 1 fully saturated rings. The Kier molecular flexibility index (Phi) is 5.17. The molecule has 3 amide bonds. The Morgan fingerprint density at radius 2 is 2.24 bits per heavy atom. The molecule has 1 aromatic heterocycles. The van der Waals surface area contributed by atoms with Crippen LogP contribution in [0.1, 0.15) is 13.8 Å². The zero-order chi connectivity index (χ0) is 17.8. The first-order valence-electron chi connectivity index (χ1n) is 7.88. The van der Waals surface area contributed by atoms with E-state index in [-0.39, 0.29) is 11.9 Å². The van der Waals surface area contributed by atoms with Gasteiger partial charge < -0.3 is 10.1 Å². The SMILES string of the molecule is CCOc1ccccc1-n1nnnc1SC(C)C(=O)N1CCNC1=O. The summed E-state index contributed by atoms with van der Waals surface area (Å²) in [5.74, 6) is 0.379. The van der Waals surface area contributed by atoms with E-state index in [1.807, 2.05) is 31.2 Å². The molecule has 1 N–H and O–H groups in total. The molecule has 2 heterocycles. The van der Waals surface area contributed by atoms with Crippen LogP contribution in [0.15, 0.2) is 29.4 Å². The van der Waals surface area contributed by atoms with Crippen molar-refractivity contribution < 1.29 is 14.3 Å². The summed E-state index contributed by atoms with van der Waals surface area (Å²) in [5.41, 5.74) is 0.690. The van der Waals surface area contributed by atoms with Gasteiger partial charge in [0, 0.05) is 13.1 Å². The first kappa shape index (κ1) is 17.2. The van der Waals surface area contributed by atoms with Crippen molar-refractivity contribution in [1.29, 1.82) is 0 Å². The number of hydrogen-bond acceptors (Lipinski definition) is 7. The van der Waals surface area contributed by atoms with Gasteiger partial charge in [-0.05, 0) is 36.4 Å². The van der Waals surface area contributed by atoms with E-state index in [0.717, 1.165) is 0 Å². The number of carbonyl (C=O) groups is 2. The standard InChI is InChI=1S/C15H18N6O3S/c1-3-24-12-7-5-4-6-11(12)21-15(17-18-19-21)25-10(2)13(22)20-9-8-16-14(20)23/h4-7,10H,3,8-9H2,1-2H3,(H,16,23). The van der Waals surface area contributed by atoms with Crippen molar-refractivity contribution in [3.8, 4) is 11.4 Å². The lowest BCUT2D eigenvalue weighted by Crippen LogP contribution is -2.39. The Bertz CT molecular complexity index is 780. The van der Waals surface area contributed by atoms with Gasteiger partial charge in [0.1, 0.15) is 11.4 Å². The number of tetrazole rings is 1. The molecule has 3 rings (SSSR count). The van der Waals surface area contributed by atoms with Gasteiger partial charge in [-0.2, -0.15) is 4.68 Å². The number of thioether (sulfide) groups is 1. The minimum Gasteiger partial charge on any atom is -0.492 e. The van der Waals surface area contributed by atoms with Crippen molar-refractivity contribution in [2.75, 3.05) is 19.7 Å². The average Bonchev–Trinajstić information content (AvgIpc) is 3.24. The number of amides is 3. The number of aromatic nitrogens is 4. The smallest absolute Gasteiger partial charge is 0.324 e. The van der Waals surface area contributed by atoms with Gasteiger partial charge in [-0.25, -0.2) is 4.79 Å². The lowest BCUT2D eigenvalue weighted by atomic mass is 10.3. The molecule has 1 aliphatic heterocycles. The Morgan fingerprint density at radius 3 is 2.96 bits per heavy atom. The van der Waals surface area contributed by atoms with E-state index in [2.05, 4.69) is 20.8 Å². The highest BCUT2D eigenvalue weighted by molar-refractivity contribution is 8.00. The van der Waals surface area contributed by atoms with Gasteiger partial charge in [-0.1, -0.05) is 23.9 Å². The monoisotopic (exact) mass is 362 g/mol. The van der Waals surface area contributed by atoms with Crippen LogP contribution >= 0.6 is 11.8 Å². The van der Waals surface area contributed by atoms with Crippen LogP contribution in [0.5, 0.6) is 5.75 Å². The maximum Gasteiger partial charge on any atom is 0.324 e. The van der Waals surface area contributed by atoms with Crippen LogP contribution in [0.3, 0.4) is 0 Å². The molecular weight excluding hydrogens is 344 g/mol. The van der Waals surface area contributed by atoms with Crippen molar-refractivity contribution in [2.45, 2.75) is 24.3 Å². The minimum absolute atomic E-state index is 0.271. The van der Waals surface area contributed by atoms with Gasteiger partial charge in [0.05, 0.1) is 11.9 Å². The Balaban J connectivity index is 1.80. The highest BCUT2D eigenvalue weighted by Gasteiger charge is 2.31. The van der Waals surface area contributed by atoms with E-state index in [1.54, 1.807) is 6.92 Å². The van der Waals surface area contributed by atoms with Crippen LogP contribution in [0.2, 0.25) is 0 Å². The summed E-state index contributed by atoms with van der Waals surface area (Å²) >= 11 is 1.20. The van der Waals surface area contributed by atoms with Gasteiger partial charge in [-0.15, -0.1) is 5.10 Å². The number of nitrogens with one attached hydrogen (secondary N) is 1. The number of urea groups is 1. The lowest BCUT2D eigenvalue weighted by Gasteiger charge is -2.17. The molecule has 0 radical (unpaired) electrons. The van der Waals surface area contributed by atoms with Crippen molar-refractivity contribution >= 4 is 23.7 Å². The number of para-hydroxylation sites is 2. The van der Waals surface area contributed by atoms with Crippen molar-refractivity contribution in [3.05, 3.63) is 24.3 Å². The lowest BCUT2D eigenvalue weighted by molar-refractivity contribution is -0.126. The fourth-order valence-corrected chi connectivity index (χ4v) is 3.29. The molecule has 0 aliphatic carbocycles. The van der Waals surface area contributed by atoms with Crippen molar-refractivity contribution in [1.82, 2.24) is 30.4 Å². The first-order chi connectivity index (χ1) is 12.1. The Hall–Kier alpha value is -2.62. The molecule has 9 nitrogen and oxygen atoms in total. The van der Waals surface area contributed by atoms with Crippen LogP contribution in [0.4, 0.5) is 4.79 Å². The first-order valence-corrected chi connectivity index (χ1v) is 8.76. The van der Waals surface area contributed by atoms with Gasteiger partial charge >= 0.3 is 6.03 Å². The number of ether oxygens (including phenoxy) is 1. The van der Waals surface area contributed by atoms with Crippen molar-refractivity contribution in [2.24, 2.45) is 0 Å². The molecule has 1 atom stereocenters. The zero-order valence-corrected chi connectivity index (χ0v) is 14.7. The number of carbonyl (C=O) groups excluding carboxylic acids is 2. The van der Waals surface area contributed by atoms with E-state index in [1.165, 1.54) is 21.3 Å². The molecule has 1 aromatic carbocycles. The number of nitrogens with zero attached hydrogens (tertiary/aromatic N) is 5. The third kappa shape index (κ3) is 3.58. The minimum atomic E-state index is -0.507. The summed E-state index contributed by atoms with van der Waals surface area (Å²) in [6, 6.07) is 7.03. The maximum absolute atomic E-state index is 12.4. The van der Waals surface area contributed by atoms with E-state index in [9.17, 15) is 9.59 Å². The molecule has 0 saturated carbocycles. The Morgan fingerprint density at radius 1 is 1.44 bits per heavy atom. The van der Waals surface area contributed by atoms with Gasteiger partial charge in [0.15, 0.2) is 0 Å². The molecule has 2 aromatic rings. The summed E-state index contributed by atoms with van der Waals surface area (Å²) in [6.07, 6.45) is 0. The second-order valence-corrected chi connectivity index (χ2v) is 6.56. The molecule has 1 saturated heterocycles. The normalized spacial score (nSPS) is 15.1. The van der Waals surface area contributed by atoms with Crippen LogP contribution in [0, 0.1) is 0 Å². The number of benzene rings is 1. The number of hydrogen-bond donors (Lipinski definition) is 1. The molecule has 1 unspecified atom stereocenters. The fourth-order valence-electron chi connectivity index (χ4n) is 2.42. The molecular formula is C15H18N6O3S. The largest absolute Gasteiger partial charge is 0.492 e. The van der Waals surface area contributed by atoms with E-state index < -0.39 is 5.25 Å². The van der Waals surface area contributed by atoms with E-state index >= 15 is 0 Å². The molecule has 132 valence electrons. The van der Waals surface area contributed by atoms with Gasteiger partial charge in [0.2, 0.25) is 11.1 Å². The molecule has 10 heteroatoms.